The first kappa shape index (κ1) is 25.2. The maximum absolute atomic E-state index is 13.3. The average Bonchev–Trinajstić information content (AvgIpc) is 2.71. The maximum atomic E-state index is 13.3. The molecule has 0 fully saturated rings. The van der Waals surface area contributed by atoms with Crippen LogP contribution in [0.4, 0.5) is 20.4 Å². The number of nitrogens with one attached hydrogen (secondary N) is 2. The molecule has 2 amide bonds. The predicted octanol–water partition coefficient (Wildman–Crippen LogP) is 3.70. The number of hydrogen-bond donors (Lipinski definition) is 2. The Balaban J connectivity index is 1.96. The molecule has 2 aromatic rings. The van der Waals surface area contributed by atoms with Crippen molar-refractivity contribution in [3.63, 3.8) is 0 Å². The molecule has 1 unspecified atom stereocenters. The van der Waals surface area contributed by atoms with Crippen molar-refractivity contribution in [2.45, 2.75) is 52.5 Å². The van der Waals surface area contributed by atoms with Gasteiger partial charge in [-0.05, 0) is 36.5 Å². The number of carbonyl (C=O) groups is 2. The van der Waals surface area contributed by atoms with E-state index in [0.29, 0.717) is 24.6 Å². The van der Waals surface area contributed by atoms with Crippen molar-refractivity contribution in [2.24, 2.45) is 5.92 Å². The third-order valence-corrected chi connectivity index (χ3v) is 4.84. The number of carbonyl (C=O) groups excluding carboxylic acids is 2. The third kappa shape index (κ3) is 8.20. The summed E-state index contributed by atoms with van der Waals surface area (Å²) in [5.74, 6) is -0.893. The highest BCUT2D eigenvalue weighted by Crippen LogP contribution is 2.13. The smallest absolute Gasteiger partial charge is 0.248 e. The van der Waals surface area contributed by atoms with Gasteiger partial charge < -0.3 is 15.5 Å². The summed E-state index contributed by atoms with van der Waals surface area (Å²) < 4.78 is 26.7. The minimum atomic E-state index is -0.805. The highest BCUT2D eigenvalue weighted by atomic mass is 19.1. The second kappa shape index (κ2) is 12.1. The predicted molar refractivity (Wildman–Crippen MR) is 120 cm³/mol. The topological polar surface area (TPSA) is 87.2 Å². The van der Waals surface area contributed by atoms with Crippen molar-refractivity contribution in [2.75, 3.05) is 23.8 Å². The maximum Gasteiger partial charge on any atom is 0.248 e. The summed E-state index contributed by atoms with van der Waals surface area (Å²) in [6.07, 6.45) is 4.90. The molecule has 1 heterocycles. The van der Waals surface area contributed by atoms with Gasteiger partial charge in [0, 0.05) is 19.7 Å². The van der Waals surface area contributed by atoms with E-state index in [0.717, 1.165) is 31.2 Å². The van der Waals surface area contributed by atoms with Gasteiger partial charge in [0.25, 0.3) is 0 Å². The lowest BCUT2D eigenvalue weighted by Gasteiger charge is -2.20. The molecule has 1 aromatic carbocycles. The van der Waals surface area contributed by atoms with Crippen LogP contribution in [-0.4, -0.2) is 41.4 Å². The Labute approximate surface area is 187 Å². The SMILES string of the molecule is CCCC(NC(=O)Cc1cc(F)cc(F)c1)C(=O)Nc1cnc(N(C)CCC(C)C)cn1. The van der Waals surface area contributed by atoms with Gasteiger partial charge in [-0.25, -0.2) is 18.7 Å². The number of hydrogen-bond acceptors (Lipinski definition) is 5. The van der Waals surface area contributed by atoms with Gasteiger partial charge in [-0.2, -0.15) is 0 Å². The highest BCUT2D eigenvalue weighted by molar-refractivity contribution is 5.96. The average molecular weight is 448 g/mol. The van der Waals surface area contributed by atoms with Crippen molar-refractivity contribution >= 4 is 23.5 Å². The Kier molecular flexibility index (Phi) is 9.49. The number of rotatable bonds is 11. The van der Waals surface area contributed by atoms with Gasteiger partial charge in [0.15, 0.2) is 5.82 Å². The van der Waals surface area contributed by atoms with E-state index < -0.39 is 29.5 Å². The fourth-order valence-electron chi connectivity index (χ4n) is 3.06. The molecule has 0 aliphatic carbocycles. The summed E-state index contributed by atoms with van der Waals surface area (Å²) >= 11 is 0. The van der Waals surface area contributed by atoms with Gasteiger partial charge >= 0.3 is 0 Å². The van der Waals surface area contributed by atoms with Crippen LogP contribution in [0.15, 0.2) is 30.6 Å². The zero-order valence-corrected chi connectivity index (χ0v) is 19.0. The van der Waals surface area contributed by atoms with Gasteiger partial charge in [0.2, 0.25) is 11.8 Å². The van der Waals surface area contributed by atoms with Gasteiger partial charge in [-0.1, -0.05) is 27.2 Å². The van der Waals surface area contributed by atoms with Crippen LogP contribution in [0.5, 0.6) is 0 Å². The fourth-order valence-corrected chi connectivity index (χ4v) is 3.06. The molecule has 1 atom stereocenters. The third-order valence-electron chi connectivity index (χ3n) is 4.84. The Hall–Kier alpha value is -3.10. The fraction of sp³-hybridized carbons (Fsp3) is 0.478. The highest BCUT2D eigenvalue weighted by Gasteiger charge is 2.21. The number of amides is 2. The Morgan fingerprint density at radius 3 is 2.31 bits per heavy atom. The number of aromatic nitrogens is 2. The van der Waals surface area contributed by atoms with Gasteiger partial charge in [-0.15, -0.1) is 0 Å². The number of benzene rings is 1. The largest absolute Gasteiger partial charge is 0.358 e. The van der Waals surface area contributed by atoms with E-state index in [4.69, 9.17) is 0 Å². The molecule has 0 aliphatic rings. The molecule has 2 rings (SSSR count). The van der Waals surface area contributed by atoms with Gasteiger partial charge in [0.05, 0.1) is 18.8 Å². The number of halogens is 2. The minimum Gasteiger partial charge on any atom is -0.358 e. The zero-order valence-electron chi connectivity index (χ0n) is 19.0. The van der Waals surface area contributed by atoms with E-state index in [1.807, 2.05) is 18.9 Å². The summed E-state index contributed by atoms with van der Waals surface area (Å²) in [6, 6.07) is 2.12. The Bertz CT molecular complexity index is 886. The number of anilines is 2. The molecule has 9 heteroatoms. The van der Waals surface area contributed by atoms with Crippen LogP contribution in [0.2, 0.25) is 0 Å². The van der Waals surface area contributed by atoms with E-state index in [2.05, 4.69) is 34.4 Å². The molecule has 0 bridgehead atoms. The normalized spacial score (nSPS) is 11.8. The van der Waals surface area contributed by atoms with Crippen LogP contribution in [0.3, 0.4) is 0 Å². The van der Waals surface area contributed by atoms with Crippen LogP contribution in [-0.2, 0) is 16.0 Å². The van der Waals surface area contributed by atoms with Crippen molar-refractivity contribution in [3.8, 4) is 0 Å². The van der Waals surface area contributed by atoms with E-state index in [9.17, 15) is 18.4 Å². The van der Waals surface area contributed by atoms with Crippen LogP contribution < -0.4 is 15.5 Å². The molecule has 174 valence electrons. The monoisotopic (exact) mass is 447 g/mol. The van der Waals surface area contributed by atoms with Gasteiger partial charge in [-0.3, -0.25) is 9.59 Å². The van der Waals surface area contributed by atoms with Crippen molar-refractivity contribution < 1.29 is 18.4 Å². The Morgan fingerprint density at radius 1 is 1.06 bits per heavy atom. The van der Waals surface area contributed by atoms with Crippen LogP contribution in [0, 0.1) is 17.6 Å². The lowest BCUT2D eigenvalue weighted by molar-refractivity contribution is -0.126. The lowest BCUT2D eigenvalue weighted by Crippen LogP contribution is -2.44. The molecule has 2 N–H and O–H groups in total. The summed E-state index contributed by atoms with van der Waals surface area (Å²) in [7, 11) is 1.93. The molecular weight excluding hydrogens is 416 g/mol. The molecular formula is C23H31F2N5O2. The van der Waals surface area contributed by atoms with E-state index in [1.165, 1.54) is 6.20 Å². The summed E-state index contributed by atoms with van der Waals surface area (Å²) in [6.45, 7) is 7.04. The molecule has 1 aromatic heterocycles. The lowest BCUT2D eigenvalue weighted by atomic mass is 10.1. The standard InChI is InChI=1S/C23H31F2N5O2/c1-5-6-19(28-22(31)11-16-9-17(24)12-18(25)10-16)23(32)29-20-13-27-21(14-26-20)30(4)8-7-15(2)3/h9-10,12-15,19H,5-8,11H2,1-4H3,(H,28,31)(H,26,29,32). The van der Waals surface area contributed by atoms with Crippen LogP contribution in [0.25, 0.3) is 0 Å². The van der Waals surface area contributed by atoms with Crippen LogP contribution >= 0.6 is 0 Å². The van der Waals surface area contributed by atoms with Crippen molar-refractivity contribution in [3.05, 3.63) is 47.8 Å². The van der Waals surface area contributed by atoms with E-state index >= 15 is 0 Å². The van der Waals surface area contributed by atoms with E-state index in [-0.39, 0.29) is 17.8 Å². The first-order chi connectivity index (χ1) is 15.2. The second-order valence-electron chi connectivity index (χ2n) is 8.22. The molecule has 0 saturated heterocycles. The quantitative estimate of drug-likeness (QED) is 0.548. The molecule has 0 aliphatic heterocycles. The molecule has 0 saturated carbocycles. The van der Waals surface area contributed by atoms with E-state index in [1.54, 1.807) is 6.20 Å². The van der Waals surface area contributed by atoms with Gasteiger partial charge in [0.1, 0.15) is 23.5 Å². The summed E-state index contributed by atoms with van der Waals surface area (Å²) in [5, 5.41) is 5.29. The minimum absolute atomic E-state index is 0.193. The first-order valence-electron chi connectivity index (χ1n) is 10.8. The summed E-state index contributed by atoms with van der Waals surface area (Å²) in [5.41, 5.74) is 0.193. The zero-order chi connectivity index (χ0) is 23.7. The molecule has 7 nitrogen and oxygen atoms in total. The first-order valence-corrected chi connectivity index (χ1v) is 10.8. The number of nitrogens with zero attached hydrogens (tertiary/aromatic N) is 3. The molecule has 0 radical (unpaired) electrons. The van der Waals surface area contributed by atoms with Crippen LogP contribution in [0.1, 0.15) is 45.6 Å². The second-order valence-corrected chi connectivity index (χ2v) is 8.22. The van der Waals surface area contributed by atoms with Crippen molar-refractivity contribution in [1.29, 1.82) is 0 Å². The molecule has 0 spiro atoms. The summed E-state index contributed by atoms with van der Waals surface area (Å²) in [4.78, 5) is 35.6. The van der Waals surface area contributed by atoms with Crippen molar-refractivity contribution in [1.82, 2.24) is 15.3 Å². The molecule has 32 heavy (non-hydrogen) atoms. The Morgan fingerprint density at radius 2 is 1.75 bits per heavy atom.